The molecule has 4 heteroatoms. The van der Waals surface area contributed by atoms with E-state index < -0.39 is 0 Å². The summed E-state index contributed by atoms with van der Waals surface area (Å²) < 4.78 is 0. The Hall–Kier alpha value is -2.36. The molecule has 0 bridgehead atoms. The van der Waals surface area contributed by atoms with Crippen molar-refractivity contribution in [3.8, 4) is 0 Å². The minimum absolute atomic E-state index is 0.0374. The zero-order valence-electron chi connectivity index (χ0n) is 12.0. The highest BCUT2D eigenvalue weighted by atomic mass is 16.2. The molecule has 1 heterocycles. The summed E-state index contributed by atoms with van der Waals surface area (Å²) in [6, 6.07) is 12.1. The molecule has 0 saturated heterocycles. The van der Waals surface area contributed by atoms with Crippen molar-refractivity contribution in [2.75, 3.05) is 0 Å². The van der Waals surface area contributed by atoms with Crippen molar-refractivity contribution in [3.63, 3.8) is 0 Å². The lowest BCUT2D eigenvalue weighted by Crippen LogP contribution is -2.38. The van der Waals surface area contributed by atoms with Crippen molar-refractivity contribution in [2.24, 2.45) is 0 Å². The Bertz CT molecular complexity index is 627. The van der Waals surface area contributed by atoms with Gasteiger partial charge in [-0.3, -0.25) is 4.98 Å². The number of rotatable bonds is 3. The van der Waals surface area contributed by atoms with Crippen LogP contribution in [0.4, 0.5) is 4.79 Å². The summed E-state index contributed by atoms with van der Waals surface area (Å²) in [4.78, 5) is 16.1. The molecule has 3 rings (SSSR count). The van der Waals surface area contributed by atoms with Crippen LogP contribution in [-0.4, -0.2) is 11.0 Å². The van der Waals surface area contributed by atoms with Crippen LogP contribution in [0.15, 0.2) is 48.8 Å². The Balaban J connectivity index is 1.61. The second kappa shape index (κ2) is 5.95. The van der Waals surface area contributed by atoms with Gasteiger partial charge in [0.15, 0.2) is 0 Å². The van der Waals surface area contributed by atoms with Gasteiger partial charge in [0.2, 0.25) is 0 Å². The van der Waals surface area contributed by atoms with E-state index >= 15 is 0 Å². The van der Waals surface area contributed by atoms with Crippen LogP contribution < -0.4 is 10.6 Å². The normalized spacial score (nSPS) is 17.9. The minimum atomic E-state index is -0.124. The van der Waals surface area contributed by atoms with Gasteiger partial charge in [-0.05, 0) is 48.6 Å². The number of nitrogens with one attached hydrogen (secondary N) is 2. The molecule has 0 aliphatic heterocycles. The zero-order valence-corrected chi connectivity index (χ0v) is 12.0. The number of carbonyl (C=O) groups is 1. The number of amides is 2. The molecule has 2 unspecified atom stereocenters. The van der Waals surface area contributed by atoms with Crippen LogP contribution in [0.25, 0.3) is 0 Å². The van der Waals surface area contributed by atoms with E-state index in [4.69, 9.17) is 0 Å². The van der Waals surface area contributed by atoms with Gasteiger partial charge in [0, 0.05) is 12.4 Å². The fraction of sp³-hybridized carbons (Fsp3) is 0.294. The molecule has 2 aromatic rings. The van der Waals surface area contributed by atoms with Crippen molar-refractivity contribution in [1.29, 1.82) is 0 Å². The monoisotopic (exact) mass is 281 g/mol. The Morgan fingerprint density at radius 3 is 2.81 bits per heavy atom. The SMILES string of the molecule is CC(NC(=O)NC1CCc2ccccc21)c1ccncc1. The van der Waals surface area contributed by atoms with Crippen LogP contribution in [0.5, 0.6) is 0 Å². The summed E-state index contributed by atoms with van der Waals surface area (Å²) in [7, 11) is 0. The van der Waals surface area contributed by atoms with E-state index in [0.29, 0.717) is 0 Å². The smallest absolute Gasteiger partial charge is 0.315 e. The van der Waals surface area contributed by atoms with Crippen LogP contribution in [-0.2, 0) is 6.42 Å². The maximum Gasteiger partial charge on any atom is 0.315 e. The second-order valence-electron chi connectivity index (χ2n) is 5.41. The average molecular weight is 281 g/mol. The van der Waals surface area contributed by atoms with Gasteiger partial charge in [-0.15, -0.1) is 0 Å². The second-order valence-corrected chi connectivity index (χ2v) is 5.41. The fourth-order valence-electron chi connectivity index (χ4n) is 2.84. The topological polar surface area (TPSA) is 54.0 Å². The maximum atomic E-state index is 12.2. The summed E-state index contributed by atoms with van der Waals surface area (Å²) in [5.74, 6) is 0. The molecule has 2 atom stereocenters. The van der Waals surface area contributed by atoms with Gasteiger partial charge in [0.25, 0.3) is 0 Å². The van der Waals surface area contributed by atoms with Crippen molar-refractivity contribution in [1.82, 2.24) is 15.6 Å². The highest BCUT2D eigenvalue weighted by molar-refractivity contribution is 5.75. The average Bonchev–Trinajstić information content (AvgIpc) is 2.91. The van der Waals surface area contributed by atoms with E-state index in [1.165, 1.54) is 11.1 Å². The standard InChI is InChI=1S/C17H19N3O/c1-12(13-8-10-18-11-9-13)19-17(21)20-16-7-6-14-4-2-3-5-15(14)16/h2-5,8-12,16H,6-7H2,1H3,(H2,19,20,21). The summed E-state index contributed by atoms with van der Waals surface area (Å²) in [5.41, 5.74) is 3.63. The predicted molar refractivity (Wildman–Crippen MR) is 81.8 cm³/mol. The first-order valence-corrected chi connectivity index (χ1v) is 7.29. The van der Waals surface area contributed by atoms with Crippen LogP contribution in [0.3, 0.4) is 0 Å². The number of carbonyl (C=O) groups excluding carboxylic acids is 1. The van der Waals surface area contributed by atoms with E-state index in [2.05, 4.69) is 27.8 Å². The molecule has 2 N–H and O–H groups in total. The first-order valence-electron chi connectivity index (χ1n) is 7.29. The first-order chi connectivity index (χ1) is 10.2. The number of hydrogen-bond acceptors (Lipinski definition) is 2. The van der Waals surface area contributed by atoms with Crippen molar-refractivity contribution >= 4 is 6.03 Å². The largest absolute Gasteiger partial charge is 0.332 e. The third-order valence-corrected chi connectivity index (χ3v) is 3.99. The number of hydrogen-bond donors (Lipinski definition) is 2. The van der Waals surface area contributed by atoms with Gasteiger partial charge >= 0.3 is 6.03 Å². The number of fused-ring (bicyclic) bond motifs is 1. The van der Waals surface area contributed by atoms with Gasteiger partial charge < -0.3 is 10.6 Å². The van der Waals surface area contributed by atoms with E-state index in [1.54, 1.807) is 12.4 Å². The number of benzene rings is 1. The molecule has 0 saturated carbocycles. The Morgan fingerprint density at radius 2 is 2.00 bits per heavy atom. The lowest BCUT2D eigenvalue weighted by atomic mass is 10.1. The molecule has 1 aromatic carbocycles. The summed E-state index contributed by atoms with van der Waals surface area (Å²) in [6.07, 6.45) is 5.47. The lowest BCUT2D eigenvalue weighted by molar-refractivity contribution is 0.234. The molecule has 1 aromatic heterocycles. The molecule has 108 valence electrons. The van der Waals surface area contributed by atoms with Crippen LogP contribution in [0, 0.1) is 0 Å². The van der Waals surface area contributed by atoms with Gasteiger partial charge in [0.05, 0.1) is 12.1 Å². The predicted octanol–water partition coefficient (Wildman–Crippen LogP) is 3.13. The zero-order chi connectivity index (χ0) is 14.7. The number of aromatic nitrogens is 1. The van der Waals surface area contributed by atoms with E-state index in [9.17, 15) is 4.79 Å². The van der Waals surface area contributed by atoms with E-state index in [1.807, 2.05) is 31.2 Å². The molecule has 1 aliphatic carbocycles. The minimum Gasteiger partial charge on any atom is -0.332 e. The lowest BCUT2D eigenvalue weighted by Gasteiger charge is -2.18. The molecular weight excluding hydrogens is 262 g/mol. The van der Waals surface area contributed by atoms with Crippen molar-refractivity contribution in [2.45, 2.75) is 31.8 Å². The summed E-state index contributed by atoms with van der Waals surface area (Å²) in [5, 5.41) is 6.05. The van der Waals surface area contributed by atoms with Crippen LogP contribution in [0.1, 0.15) is 42.1 Å². The van der Waals surface area contributed by atoms with Gasteiger partial charge in [-0.1, -0.05) is 24.3 Å². The Morgan fingerprint density at radius 1 is 1.24 bits per heavy atom. The molecule has 2 amide bonds. The van der Waals surface area contributed by atoms with Crippen molar-refractivity contribution in [3.05, 3.63) is 65.5 Å². The van der Waals surface area contributed by atoms with Gasteiger partial charge in [-0.25, -0.2) is 4.79 Å². The Labute approximate surface area is 124 Å². The van der Waals surface area contributed by atoms with Crippen LogP contribution in [0.2, 0.25) is 0 Å². The third kappa shape index (κ3) is 3.05. The Kier molecular flexibility index (Phi) is 3.86. The number of urea groups is 1. The highest BCUT2D eigenvalue weighted by Crippen LogP contribution is 2.30. The van der Waals surface area contributed by atoms with E-state index in [0.717, 1.165) is 18.4 Å². The maximum absolute atomic E-state index is 12.2. The molecular formula is C17H19N3O. The first kappa shape index (κ1) is 13.6. The number of aryl methyl sites for hydroxylation is 1. The third-order valence-electron chi connectivity index (χ3n) is 3.99. The quantitative estimate of drug-likeness (QED) is 0.908. The van der Waals surface area contributed by atoms with Crippen molar-refractivity contribution < 1.29 is 4.79 Å². The number of nitrogens with zero attached hydrogens (tertiary/aromatic N) is 1. The molecule has 0 radical (unpaired) electrons. The molecule has 0 spiro atoms. The van der Waals surface area contributed by atoms with Gasteiger partial charge in [-0.2, -0.15) is 0 Å². The fourth-order valence-corrected chi connectivity index (χ4v) is 2.84. The van der Waals surface area contributed by atoms with Crippen LogP contribution >= 0.6 is 0 Å². The summed E-state index contributed by atoms with van der Waals surface area (Å²) >= 11 is 0. The molecule has 21 heavy (non-hydrogen) atoms. The highest BCUT2D eigenvalue weighted by Gasteiger charge is 2.23. The molecule has 1 aliphatic rings. The molecule has 0 fully saturated rings. The number of pyridine rings is 1. The van der Waals surface area contributed by atoms with E-state index in [-0.39, 0.29) is 18.1 Å². The molecule has 4 nitrogen and oxygen atoms in total. The summed E-state index contributed by atoms with van der Waals surface area (Å²) in [6.45, 7) is 1.97. The van der Waals surface area contributed by atoms with Gasteiger partial charge in [0.1, 0.15) is 0 Å².